The van der Waals surface area contributed by atoms with E-state index >= 15 is 0 Å². The average Bonchev–Trinajstić information content (AvgIpc) is 2.84. The zero-order valence-electron chi connectivity index (χ0n) is 9.21. The number of thiophene rings is 1. The zero-order valence-corrected chi connectivity index (χ0v) is 10.8. The summed E-state index contributed by atoms with van der Waals surface area (Å²) in [5.74, 6) is 0. The summed E-state index contributed by atoms with van der Waals surface area (Å²) in [5, 5.41) is 2.96. The van der Waals surface area contributed by atoms with E-state index in [0.717, 1.165) is 5.69 Å². The van der Waals surface area contributed by atoms with E-state index in [-0.39, 0.29) is 11.3 Å². The molecule has 2 N–H and O–H groups in total. The SMILES string of the molecule is Cc1coc(SC(c2cccs2)C(C)N)n1. The first-order chi connectivity index (χ1) is 7.66. The minimum Gasteiger partial charge on any atom is -0.440 e. The molecule has 2 aromatic heterocycles. The van der Waals surface area contributed by atoms with E-state index in [2.05, 4.69) is 16.4 Å². The Hall–Kier alpha value is -0.780. The highest BCUT2D eigenvalue weighted by Crippen LogP contribution is 2.38. The Kier molecular flexibility index (Phi) is 3.68. The van der Waals surface area contributed by atoms with E-state index in [1.807, 2.05) is 19.9 Å². The molecule has 2 heterocycles. The third-order valence-corrected chi connectivity index (χ3v) is 4.56. The Morgan fingerprint density at radius 1 is 1.56 bits per heavy atom. The number of nitrogens with zero attached hydrogens (tertiary/aromatic N) is 1. The number of aryl methyl sites for hydroxylation is 1. The van der Waals surface area contributed by atoms with Crippen molar-refractivity contribution in [2.75, 3.05) is 0 Å². The third-order valence-electron chi connectivity index (χ3n) is 2.13. The van der Waals surface area contributed by atoms with Crippen LogP contribution in [0, 0.1) is 6.92 Å². The van der Waals surface area contributed by atoms with Gasteiger partial charge >= 0.3 is 0 Å². The predicted molar refractivity (Wildman–Crippen MR) is 67.8 cm³/mol. The lowest BCUT2D eigenvalue weighted by molar-refractivity contribution is 0.452. The molecule has 0 radical (unpaired) electrons. The molecule has 16 heavy (non-hydrogen) atoms. The van der Waals surface area contributed by atoms with E-state index < -0.39 is 0 Å². The Morgan fingerprint density at radius 3 is 2.88 bits per heavy atom. The van der Waals surface area contributed by atoms with E-state index in [9.17, 15) is 0 Å². The number of aromatic nitrogens is 1. The van der Waals surface area contributed by atoms with Crippen molar-refractivity contribution in [2.24, 2.45) is 5.73 Å². The average molecular weight is 254 g/mol. The Morgan fingerprint density at radius 2 is 2.38 bits per heavy atom. The fourth-order valence-corrected chi connectivity index (χ4v) is 3.43. The molecule has 0 fully saturated rings. The minimum atomic E-state index is 0.0656. The van der Waals surface area contributed by atoms with Gasteiger partial charge in [0.1, 0.15) is 6.26 Å². The van der Waals surface area contributed by atoms with Crippen LogP contribution in [0.1, 0.15) is 22.7 Å². The lowest BCUT2D eigenvalue weighted by Crippen LogP contribution is -2.21. The largest absolute Gasteiger partial charge is 0.440 e. The molecule has 2 rings (SSSR count). The van der Waals surface area contributed by atoms with E-state index in [1.165, 1.54) is 4.88 Å². The van der Waals surface area contributed by atoms with Gasteiger partial charge < -0.3 is 10.2 Å². The molecule has 0 aliphatic rings. The lowest BCUT2D eigenvalue weighted by atomic mass is 10.2. The smallest absolute Gasteiger partial charge is 0.256 e. The van der Waals surface area contributed by atoms with Crippen LogP contribution in [-0.2, 0) is 0 Å². The van der Waals surface area contributed by atoms with Crippen molar-refractivity contribution < 1.29 is 4.42 Å². The maximum atomic E-state index is 6.00. The van der Waals surface area contributed by atoms with Gasteiger partial charge in [0.2, 0.25) is 0 Å². The maximum absolute atomic E-state index is 6.00. The monoisotopic (exact) mass is 254 g/mol. The van der Waals surface area contributed by atoms with Crippen LogP contribution < -0.4 is 5.73 Å². The molecule has 0 aromatic carbocycles. The van der Waals surface area contributed by atoms with Gasteiger partial charge in [-0.3, -0.25) is 0 Å². The summed E-state index contributed by atoms with van der Waals surface area (Å²) >= 11 is 3.30. The molecule has 0 aliphatic carbocycles. The van der Waals surface area contributed by atoms with Gasteiger partial charge in [0.05, 0.1) is 10.9 Å². The number of hydrogen-bond donors (Lipinski definition) is 1. The highest BCUT2D eigenvalue weighted by Gasteiger charge is 2.21. The number of oxazole rings is 1. The Labute approximate surface area is 103 Å². The molecule has 0 saturated heterocycles. The normalized spacial score (nSPS) is 14.9. The van der Waals surface area contributed by atoms with E-state index in [4.69, 9.17) is 10.2 Å². The molecule has 0 bridgehead atoms. The van der Waals surface area contributed by atoms with Gasteiger partial charge in [-0.25, -0.2) is 4.98 Å². The number of thioether (sulfide) groups is 1. The molecule has 3 nitrogen and oxygen atoms in total. The first kappa shape index (κ1) is 11.7. The maximum Gasteiger partial charge on any atom is 0.256 e. The predicted octanol–water partition coefficient (Wildman–Crippen LogP) is 3.23. The first-order valence-corrected chi connectivity index (χ1v) is 6.80. The summed E-state index contributed by atoms with van der Waals surface area (Å²) in [6.07, 6.45) is 1.66. The van der Waals surface area contributed by atoms with Crippen LogP contribution in [0.2, 0.25) is 0 Å². The molecular weight excluding hydrogens is 240 g/mol. The van der Waals surface area contributed by atoms with Crippen LogP contribution in [0.15, 0.2) is 33.4 Å². The highest BCUT2D eigenvalue weighted by atomic mass is 32.2. The molecular formula is C11H14N2OS2. The second-order valence-corrected chi connectivity index (χ2v) is 5.74. The third kappa shape index (κ3) is 2.66. The van der Waals surface area contributed by atoms with Crippen LogP contribution in [0.3, 0.4) is 0 Å². The Bertz CT molecular complexity index is 437. The molecule has 0 saturated carbocycles. The molecule has 0 aliphatic heterocycles. The number of rotatable bonds is 4. The standard InChI is InChI=1S/C11H14N2OS2/c1-7-6-14-11(13-7)16-10(8(2)12)9-4-3-5-15-9/h3-6,8,10H,12H2,1-2H3. The van der Waals surface area contributed by atoms with Gasteiger partial charge in [-0.1, -0.05) is 17.8 Å². The zero-order chi connectivity index (χ0) is 11.5. The van der Waals surface area contributed by atoms with Gasteiger partial charge in [0.25, 0.3) is 5.22 Å². The minimum absolute atomic E-state index is 0.0656. The summed E-state index contributed by atoms with van der Waals surface area (Å²) < 4.78 is 5.34. The second-order valence-electron chi connectivity index (χ2n) is 3.67. The molecule has 0 spiro atoms. The van der Waals surface area contributed by atoms with Crippen molar-refractivity contribution in [2.45, 2.75) is 30.4 Å². The quantitative estimate of drug-likeness (QED) is 0.851. The van der Waals surface area contributed by atoms with Crippen molar-refractivity contribution in [3.8, 4) is 0 Å². The fraction of sp³-hybridized carbons (Fsp3) is 0.364. The second kappa shape index (κ2) is 5.03. The van der Waals surface area contributed by atoms with Crippen molar-refractivity contribution >= 4 is 23.1 Å². The summed E-state index contributed by atoms with van der Waals surface area (Å²) in [6.45, 7) is 3.92. The van der Waals surface area contributed by atoms with Crippen LogP contribution in [0.5, 0.6) is 0 Å². The van der Waals surface area contributed by atoms with E-state index in [0.29, 0.717) is 5.22 Å². The molecule has 2 aromatic rings. The van der Waals surface area contributed by atoms with Crippen molar-refractivity contribution in [1.29, 1.82) is 0 Å². The van der Waals surface area contributed by atoms with Crippen LogP contribution in [0.4, 0.5) is 0 Å². The van der Waals surface area contributed by atoms with Gasteiger partial charge in [-0.05, 0) is 25.3 Å². The summed E-state index contributed by atoms with van der Waals surface area (Å²) in [5.41, 5.74) is 6.90. The highest BCUT2D eigenvalue weighted by molar-refractivity contribution is 7.99. The number of hydrogen-bond acceptors (Lipinski definition) is 5. The van der Waals surface area contributed by atoms with Crippen LogP contribution in [0.25, 0.3) is 0 Å². The molecule has 0 amide bonds. The van der Waals surface area contributed by atoms with Crippen molar-refractivity contribution in [3.05, 3.63) is 34.3 Å². The van der Waals surface area contributed by atoms with Gasteiger partial charge in [0.15, 0.2) is 0 Å². The molecule has 5 heteroatoms. The molecule has 2 unspecified atom stereocenters. The molecule has 86 valence electrons. The van der Waals surface area contributed by atoms with Crippen molar-refractivity contribution in [3.63, 3.8) is 0 Å². The lowest BCUT2D eigenvalue weighted by Gasteiger charge is -2.16. The summed E-state index contributed by atoms with van der Waals surface area (Å²) in [7, 11) is 0. The topological polar surface area (TPSA) is 52.0 Å². The first-order valence-electron chi connectivity index (χ1n) is 5.04. The van der Waals surface area contributed by atoms with Gasteiger partial charge in [-0.2, -0.15) is 0 Å². The number of nitrogens with two attached hydrogens (primary N) is 1. The van der Waals surface area contributed by atoms with Crippen LogP contribution >= 0.6 is 23.1 Å². The fourth-order valence-electron chi connectivity index (χ4n) is 1.37. The van der Waals surface area contributed by atoms with Crippen LogP contribution in [-0.4, -0.2) is 11.0 Å². The van der Waals surface area contributed by atoms with Gasteiger partial charge in [0, 0.05) is 10.9 Å². The van der Waals surface area contributed by atoms with Gasteiger partial charge in [-0.15, -0.1) is 11.3 Å². The van der Waals surface area contributed by atoms with E-state index in [1.54, 1.807) is 29.4 Å². The summed E-state index contributed by atoms with van der Waals surface area (Å²) in [4.78, 5) is 5.55. The Balaban J connectivity index is 2.15. The van der Waals surface area contributed by atoms with Crippen molar-refractivity contribution in [1.82, 2.24) is 4.98 Å². The summed E-state index contributed by atoms with van der Waals surface area (Å²) in [6, 6.07) is 4.20. The molecule has 2 atom stereocenters.